The fourth-order valence-electron chi connectivity index (χ4n) is 2.55. The van der Waals surface area contributed by atoms with Gasteiger partial charge in [0.25, 0.3) is 0 Å². The van der Waals surface area contributed by atoms with Gasteiger partial charge in [-0.1, -0.05) is 18.2 Å². The van der Waals surface area contributed by atoms with Gasteiger partial charge in [-0.05, 0) is 35.7 Å². The second-order valence-corrected chi connectivity index (χ2v) is 4.98. The highest BCUT2D eigenvalue weighted by atomic mass is 19.1. The van der Waals surface area contributed by atoms with E-state index in [2.05, 4.69) is 16.7 Å². The minimum absolute atomic E-state index is 0.323. The molecule has 2 aromatic rings. The van der Waals surface area contributed by atoms with Crippen LogP contribution in [0.4, 0.5) is 15.8 Å². The molecule has 0 aliphatic carbocycles. The predicted octanol–water partition coefficient (Wildman–Crippen LogP) is 3.10. The number of carboxylic acid groups (broad SMARTS) is 1. The van der Waals surface area contributed by atoms with Crippen molar-refractivity contribution in [1.29, 1.82) is 0 Å². The Hall–Kier alpha value is -2.56. The van der Waals surface area contributed by atoms with Gasteiger partial charge in [0.1, 0.15) is 5.82 Å². The van der Waals surface area contributed by atoms with E-state index in [0.717, 1.165) is 24.2 Å². The Labute approximate surface area is 121 Å². The third kappa shape index (κ3) is 2.67. The molecule has 0 radical (unpaired) electrons. The molecule has 0 spiro atoms. The Morgan fingerprint density at radius 2 is 2.19 bits per heavy atom. The quantitative estimate of drug-likeness (QED) is 0.808. The number of rotatable bonds is 4. The zero-order chi connectivity index (χ0) is 14.8. The van der Waals surface area contributed by atoms with Crippen LogP contribution >= 0.6 is 0 Å². The number of carbonyl (C=O) groups is 1. The van der Waals surface area contributed by atoms with Crippen LogP contribution in [0.5, 0.6) is 0 Å². The number of benzene rings is 2. The highest BCUT2D eigenvalue weighted by Gasteiger charge is 2.14. The fourth-order valence-corrected chi connectivity index (χ4v) is 2.55. The Morgan fingerprint density at radius 3 is 3.00 bits per heavy atom. The molecule has 0 saturated carbocycles. The van der Waals surface area contributed by atoms with E-state index in [1.165, 1.54) is 17.7 Å². The van der Waals surface area contributed by atoms with Crippen molar-refractivity contribution in [3.05, 3.63) is 58.9 Å². The molecule has 0 unspecified atom stereocenters. The van der Waals surface area contributed by atoms with Crippen molar-refractivity contribution < 1.29 is 14.3 Å². The number of halogens is 1. The summed E-state index contributed by atoms with van der Waals surface area (Å²) in [6, 6.07) is 10.1. The van der Waals surface area contributed by atoms with E-state index in [4.69, 9.17) is 5.11 Å². The topological polar surface area (TPSA) is 61.4 Å². The van der Waals surface area contributed by atoms with Crippen LogP contribution in [0.2, 0.25) is 0 Å². The number of fused-ring (bicyclic) bond motifs is 1. The van der Waals surface area contributed by atoms with Gasteiger partial charge in [0.2, 0.25) is 0 Å². The first-order valence-electron chi connectivity index (χ1n) is 6.76. The normalized spacial score (nSPS) is 12.6. The van der Waals surface area contributed by atoms with Crippen LogP contribution in [0.25, 0.3) is 0 Å². The van der Waals surface area contributed by atoms with Crippen molar-refractivity contribution in [2.24, 2.45) is 0 Å². The van der Waals surface area contributed by atoms with Crippen LogP contribution in [0.15, 0.2) is 36.4 Å². The van der Waals surface area contributed by atoms with Gasteiger partial charge in [-0.3, -0.25) is 0 Å². The van der Waals surface area contributed by atoms with Crippen molar-refractivity contribution in [2.75, 3.05) is 17.2 Å². The van der Waals surface area contributed by atoms with E-state index in [9.17, 15) is 9.18 Å². The maximum Gasteiger partial charge on any atom is 0.338 e. The highest BCUT2D eigenvalue weighted by molar-refractivity contribution is 5.89. The Bertz CT molecular complexity index is 701. The Kier molecular flexibility index (Phi) is 3.48. The van der Waals surface area contributed by atoms with E-state index in [1.54, 1.807) is 6.07 Å². The monoisotopic (exact) mass is 286 g/mol. The second kappa shape index (κ2) is 5.44. The molecule has 1 heterocycles. The lowest BCUT2D eigenvalue weighted by molar-refractivity contribution is 0.0692. The van der Waals surface area contributed by atoms with Gasteiger partial charge >= 0.3 is 5.97 Å². The molecule has 0 fully saturated rings. The number of hydrogen-bond donors (Lipinski definition) is 3. The summed E-state index contributed by atoms with van der Waals surface area (Å²) in [7, 11) is 0. The molecule has 0 amide bonds. The summed E-state index contributed by atoms with van der Waals surface area (Å²) < 4.78 is 13.3. The number of anilines is 2. The van der Waals surface area contributed by atoms with E-state index in [1.807, 2.05) is 12.1 Å². The molecule has 4 nitrogen and oxygen atoms in total. The average Bonchev–Trinajstić information content (AvgIpc) is 2.95. The van der Waals surface area contributed by atoms with E-state index < -0.39 is 11.8 Å². The lowest BCUT2D eigenvalue weighted by Crippen LogP contribution is -2.05. The number of carboxylic acids is 1. The molecule has 108 valence electrons. The molecule has 0 atom stereocenters. The molecule has 5 heteroatoms. The van der Waals surface area contributed by atoms with Crippen molar-refractivity contribution in [3.8, 4) is 0 Å². The van der Waals surface area contributed by atoms with Crippen molar-refractivity contribution in [3.63, 3.8) is 0 Å². The van der Waals surface area contributed by atoms with Crippen LogP contribution in [0.1, 0.15) is 21.5 Å². The third-order valence-electron chi connectivity index (χ3n) is 3.61. The number of hydrogen-bond acceptors (Lipinski definition) is 3. The van der Waals surface area contributed by atoms with E-state index in [-0.39, 0.29) is 5.56 Å². The summed E-state index contributed by atoms with van der Waals surface area (Å²) in [5, 5.41) is 15.4. The summed E-state index contributed by atoms with van der Waals surface area (Å²) in [4.78, 5) is 10.9. The molecular weight excluding hydrogens is 271 g/mol. The van der Waals surface area contributed by atoms with Crippen molar-refractivity contribution in [2.45, 2.75) is 13.0 Å². The smallest absolute Gasteiger partial charge is 0.338 e. The fraction of sp³-hybridized carbons (Fsp3) is 0.188. The Morgan fingerprint density at radius 1 is 1.33 bits per heavy atom. The van der Waals surface area contributed by atoms with E-state index in [0.29, 0.717) is 12.2 Å². The molecule has 1 aliphatic heterocycles. The van der Waals surface area contributed by atoms with Gasteiger partial charge in [-0.25, -0.2) is 9.18 Å². The number of nitrogens with one attached hydrogen (secondary N) is 2. The standard InChI is InChI=1S/C16H15FN2O2/c17-14-5-4-12(8-13(14)16(20)21)19-9-11-3-1-2-10-6-7-18-15(10)11/h1-5,8,18-19H,6-7,9H2,(H,20,21). The molecule has 3 N–H and O–H groups in total. The van der Waals surface area contributed by atoms with Crippen LogP contribution in [0, 0.1) is 5.82 Å². The lowest BCUT2D eigenvalue weighted by atomic mass is 10.1. The molecule has 3 rings (SSSR count). The molecule has 21 heavy (non-hydrogen) atoms. The average molecular weight is 286 g/mol. The van der Waals surface area contributed by atoms with Gasteiger partial charge in [-0.2, -0.15) is 0 Å². The van der Waals surface area contributed by atoms with Gasteiger partial charge < -0.3 is 15.7 Å². The van der Waals surface area contributed by atoms with Crippen LogP contribution < -0.4 is 10.6 Å². The van der Waals surface area contributed by atoms with E-state index >= 15 is 0 Å². The van der Waals surface area contributed by atoms with Crippen LogP contribution in [0.3, 0.4) is 0 Å². The maximum atomic E-state index is 13.3. The first-order chi connectivity index (χ1) is 10.1. The maximum absolute atomic E-state index is 13.3. The zero-order valence-electron chi connectivity index (χ0n) is 11.3. The molecule has 1 aliphatic rings. The van der Waals surface area contributed by atoms with Crippen LogP contribution in [-0.2, 0) is 13.0 Å². The molecule has 0 aromatic heterocycles. The lowest BCUT2D eigenvalue weighted by Gasteiger charge is -2.11. The number of aromatic carboxylic acids is 1. The van der Waals surface area contributed by atoms with Gasteiger partial charge in [-0.15, -0.1) is 0 Å². The summed E-state index contributed by atoms with van der Waals surface area (Å²) in [5.74, 6) is -1.99. The molecule has 2 aromatic carbocycles. The van der Waals surface area contributed by atoms with Gasteiger partial charge in [0, 0.05) is 24.5 Å². The summed E-state index contributed by atoms with van der Waals surface area (Å²) in [5.41, 5.74) is 3.82. The van der Waals surface area contributed by atoms with Gasteiger partial charge in [0.15, 0.2) is 0 Å². The molecule has 0 bridgehead atoms. The van der Waals surface area contributed by atoms with Crippen molar-refractivity contribution >= 4 is 17.3 Å². The van der Waals surface area contributed by atoms with Crippen molar-refractivity contribution in [1.82, 2.24) is 0 Å². The number of para-hydroxylation sites is 1. The second-order valence-electron chi connectivity index (χ2n) is 4.98. The van der Waals surface area contributed by atoms with Crippen LogP contribution in [-0.4, -0.2) is 17.6 Å². The highest BCUT2D eigenvalue weighted by Crippen LogP contribution is 2.27. The largest absolute Gasteiger partial charge is 0.478 e. The summed E-state index contributed by atoms with van der Waals surface area (Å²) in [6.07, 6.45) is 1.02. The minimum atomic E-state index is -1.27. The van der Waals surface area contributed by atoms with Gasteiger partial charge in [0.05, 0.1) is 5.56 Å². The Balaban J connectivity index is 1.78. The molecule has 0 saturated heterocycles. The first kappa shape index (κ1) is 13.4. The zero-order valence-corrected chi connectivity index (χ0v) is 11.3. The minimum Gasteiger partial charge on any atom is -0.478 e. The SMILES string of the molecule is O=C(O)c1cc(NCc2cccc3c2NCC3)ccc1F. The molecular formula is C16H15FN2O2. The summed E-state index contributed by atoms with van der Waals surface area (Å²) >= 11 is 0. The summed E-state index contributed by atoms with van der Waals surface area (Å²) in [6.45, 7) is 1.49. The first-order valence-corrected chi connectivity index (χ1v) is 6.76. The predicted molar refractivity (Wildman–Crippen MR) is 79.3 cm³/mol. The third-order valence-corrected chi connectivity index (χ3v) is 3.61.